The number of esters is 1. The summed E-state index contributed by atoms with van der Waals surface area (Å²) in [6.07, 6.45) is 3.93. The fourth-order valence-electron chi connectivity index (χ4n) is 1.52. The summed E-state index contributed by atoms with van der Waals surface area (Å²) in [4.78, 5) is 33.8. The number of aliphatic carboxylic acids is 1. The van der Waals surface area contributed by atoms with Crippen molar-refractivity contribution in [1.82, 2.24) is 5.32 Å². The zero-order valence-electron chi connectivity index (χ0n) is 11.6. The Morgan fingerprint density at radius 2 is 2.24 bits per heavy atom. The molecule has 0 aliphatic carbocycles. The quantitative estimate of drug-likeness (QED) is 0.551. The van der Waals surface area contributed by atoms with Crippen molar-refractivity contribution < 1.29 is 28.6 Å². The molecule has 0 bridgehead atoms. The second-order valence-corrected chi connectivity index (χ2v) is 4.09. The van der Waals surface area contributed by atoms with E-state index in [1.54, 1.807) is 19.1 Å². The Morgan fingerprint density at radius 1 is 1.48 bits per heavy atom. The molecule has 1 rings (SSSR count). The molecule has 0 unspecified atom stereocenters. The number of hydrogen-bond acceptors (Lipinski definition) is 5. The maximum atomic E-state index is 11.6. The van der Waals surface area contributed by atoms with Gasteiger partial charge in [0, 0.05) is 12.5 Å². The van der Waals surface area contributed by atoms with Gasteiger partial charge in [-0.15, -0.1) is 0 Å². The van der Waals surface area contributed by atoms with Gasteiger partial charge in [0.2, 0.25) is 5.91 Å². The average molecular weight is 295 g/mol. The highest BCUT2D eigenvalue weighted by Gasteiger charge is 2.20. The third-order valence-corrected chi connectivity index (χ3v) is 2.50. The first kappa shape index (κ1) is 16.5. The minimum Gasteiger partial charge on any atom is -0.480 e. The minimum absolute atomic E-state index is 0.0332. The van der Waals surface area contributed by atoms with Crippen molar-refractivity contribution in [2.24, 2.45) is 0 Å². The van der Waals surface area contributed by atoms with Crippen molar-refractivity contribution >= 4 is 23.9 Å². The Morgan fingerprint density at radius 3 is 2.81 bits per heavy atom. The van der Waals surface area contributed by atoms with Crippen molar-refractivity contribution in [2.45, 2.75) is 25.8 Å². The summed E-state index contributed by atoms with van der Waals surface area (Å²) in [6, 6.07) is 2.17. The Hall–Kier alpha value is -2.57. The number of carboxylic acids is 1. The zero-order chi connectivity index (χ0) is 15.7. The first-order valence-electron chi connectivity index (χ1n) is 6.43. The molecule has 0 fully saturated rings. The number of nitrogens with one attached hydrogen (secondary N) is 1. The number of carbonyl (C=O) groups excluding carboxylic acids is 2. The molecule has 0 saturated carbocycles. The molecule has 0 aliphatic heterocycles. The molecular weight excluding hydrogens is 278 g/mol. The van der Waals surface area contributed by atoms with Crippen molar-refractivity contribution in [3.63, 3.8) is 0 Å². The van der Waals surface area contributed by atoms with E-state index in [2.05, 4.69) is 5.32 Å². The van der Waals surface area contributed by atoms with E-state index < -0.39 is 23.9 Å². The van der Waals surface area contributed by atoms with Crippen molar-refractivity contribution in [1.29, 1.82) is 0 Å². The van der Waals surface area contributed by atoms with Crippen LogP contribution in [0.2, 0.25) is 0 Å². The molecule has 1 amide bonds. The molecule has 1 heterocycles. The standard InChI is InChI=1S/C14H17NO6/c1-2-20-13(17)8-6-11(14(18)19)15-12(16)7-5-10-4-3-9-21-10/h3-5,7,9,11H,2,6,8H2,1H3,(H,15,16)(H,18,19)/b7-5+/t11-/m0/s1. The van der Waals surface area contributed by atoms with Gasteiger partial charge in [0.15, 0.2) is 0 Å². The summed E-state index contributed by atoms with van der Waals surface area (Å²) < 4.78 is 9.70. The predicted molar refractivity (Wildman–Crippen MR) is 73.2 cm³/mol. The molecule has 1 aromatic rings. The van der Waals surface area contributed by atoms with E-state index in [-0.39, 0.29) is 19.4 Å². The molecular formula is C14H17NO6. The van der Waals surface area contributed by atoms with Gasteiger partial charge in [-0.3, -0.25) is 9.59 Å². The van der Waals surface area contributed by atoms with Crippen LogP contribution in [0.25, 0.3) is 6.08 Å². The molecule has 0 saturated heterocycles. The van der Waals surface area contributed by atoms with Crippen LogP contribution in [0.1, 0.15) is 25.5 Å². The number of ether oxygens (including phenoxy) is 1. The molecule has 7 heteroatoms. The van der Waals surface area contributed by atoms with E-state index in [1.165, 1.54) is 18.4 Å². The molecule has 0 aliphatic rings. The van der Waals surface area contributed by atoms with Crippen molar-refractivity contribution in [3.05, 3.63) is 30.2 Å². The fourth-order valence-corrected chi connectivity index (χ4v) is 1.52. The highest BCUT2D eigenvalue weighted by atomic mass is 16.5. The lowest BCUT2D eigenvalue weighted by molar-refractivity contribution is -0.145. The first-order chi connectivity index (χ1) is 10.0. The third kappa shape index (κ3) is 6.42. The normalized spacial score (nSPS) is 12.0. The Kier molecular flexibility index (Phi) is 6.73. The van der Waals surface area contributed by atoms with Crippen LogP contribution in [0, 0.1) is 0 Å². The molecule has 1 aromatic heterocycles. The molecule has 0 aromatic carbocycles. The summed E-state index contributed by atoms with van der Waals surface area (Å²) in [5.41, 5.74) is 0. The zero-order valence-corrected chi connectivity index (χ0v) is 11.6. The number of amides is 1. The van der Waals surface area contributed by atoms with E-state index >= 15 is 0 Å². The maximum absolute atomic E-state index is 11.6. The van der Waals surface area contributed by atoms with Crippen molar-refractivity contribution in [3.8, 4) is 0 Å². The lowest BCUT2D eigenvalue weighted by Gasteiger charge is -2.12. The summed E-state index contributed by atoms with van der Waals surface area (Å²) >= 11 is 0. The van der Waals surface area contributed by atoms with Crippen LogP contribution in [0.3, 0.4) is 0 Å². The van der Waals surface area contributed by atoms with Gasteiger partial charge in [-0.05, 0) is 31.6 Å². The van der Waals surface area contributed by atoms with Gasteiger partial charge in [-0.2, -0.15) is 0 Å². The van der Waals surface area contributed by atoms with Crippen LogP contribution in [0.5, 0.6) is 0 Å². The Balaban J connectivity index is 2.48. The van der Waals surface area contributed by atoms with Gasteiger partial charge < -0.3 is 19.6 Å². The number of carboxylic acid groups (broad SMARTS) is 1. The molecule has 114 valence electrons. The van der Waals surface area contributed by atoms with Crippen LogP contribution in [-0.4, -0.2) is 35.6 Å². The molecule has 0 radical (unpaired) electrons. The summed E-state index contributed by atoms with van der Waals surface area (Å²) in [5.74, 6) is -1.81. The second-order valence-electron chi connectivity index (χ2n) is 4.09. The molecule has 2 N–H and O–H groups in total. The number of hydrogen-bond donors (Lipinski definition) is 2. The van der Waals surface area contributed by atoms with Gasteiger partial charge in [0.05, 0.1) is 12.9 Å². The third-order valence-electron chi connectivity index (χ3n) is 2.50. The highest BCUT2D eigenvalue weighted by Crippen LogP contribution is 2.03. The van der Waals surface area contributed by atoms with E-state index in [9.17, 15) is 14.4 Å². The van der Waals surface area contributed by atoms with Gasteiger partial charge in [0.1, 0.15) is 11.8 Å². The monoisotopic (exact) mass is 295 g/mol. The van der Waals surface area contributed by atoms with Gasteiger partial charge in [-0.25, -0.2) is 4.79 Å². The summed E-state index contributed by atoms with van der Waals surface area (Å²) in [6.45, 7) is 1.89. The van der Waals surface area contributed by atoms with Crippen LogP contribution < -0.4 is 5.32 Å². The van der Waals surface area contributed by atoms with E-state index in [1.807, 2.05) is 0 Å². The molecule has 1 atom stereocenters. The van der Waals surface area contributed by atoms with Crippen LogP contribution in [0.15, 0.2) is 28.9 Å². The Bertz CT molecular complexity index is 506. The van der Waals surface area contributed by atoms with Crippen LogP contribution >= 0.6 is 0 Å². The second kappa shape index (κ2) is 8.57. The molecule has 0 spiro atoms. The van der Waals surface area contributed by atoms with Crippen molar-refractivity contribution in [2.75, 3.05) is 6.61 Å². The number of rotatable bonds is 8. The first-order valence-corrected chi connectivity index (χ1v) is 6.43. The number of furan rings is 1. The topological polar surface area (TPSA) is 106 Å². The maximum Gasteiger partial charge on any atom is 0.326 e. The smallest absolute Gasteiger partial charge is 0.326 e. The van der Waals surface area contributed by atoms with Crippen LogP contribution in [0.4, 0.5) is 0 Å². The lowest BCUT2D eigenvalue weighted by Crippen LogP contribution is -2.40. The SMILES string of the molecule is CCOC(=O)CC[C@H](NC(=O)/C=C/c1ccco1)C(=O)O. The largest absolute Gasteiger partial charge is 0.480 e. The minimum atomic E-state index is -1.21. The van der Waals surface area contributed by atoms with E-state index in [0.717, 1.165) is 0 Å². The van der Waals surface area contributed by atoms with E-state index in [4.69, 9.17) is 14.3 Å². The molecule has 7 nitrogen and oxygen atoms in total. The summed E-state index contributed by atoms with van der Waals surface area (Å²) in [7, 11) is 0. The fraction of sp³-hybridized carbons (Fsp3) is 0.357. The van der Waals surface area contributed by atoms with Gasteiger partial charge in [-0.1, -0.05) is 0 Å². The average Bonchev–Trinajstić information content (AvgIpc) is 2.94. The van der Waals surface area contributed by atoms with E-state index in [0.29, 0.717) is 5.76 Å². The van der Waals surface area contributed by atoms with Gasteiger partial charge in [0.25, 0.3) is 0 Å². The summed E-state index contributed by atoms with van der Waals surface area (Å²) in [5, 5.41) is 11.3. The Labute approximate surface area is 121 Å². The highest BCUT2D eigenvalue weighted by molar-refractivity contribution is 5.94. The van der Waals surface area contributed by atoms with Gasteiger partial charge >= 0.3 is 11.9 Å². The lowest BCUT2D eigenvalue weighted by atomic mass is 10.1. The number of carbonyl (C=O) groups is 3. The predicted octanol–water partition coefficient (Wildman–Crippen LogP) is 1.21. The molecule has 21 heavy (non-hydrogen) atoms. The van der Waals surface area contributed by atoms with Crippen LogP contribution in [-0.2, 0) is 19.1 Å².